The molecule has 18 heavy (non-hydrogen) atoms. The van der Waals surface area contributed by atoms with E-state index in [4.69, 9.17) is 5.41 Å². The Bertz CT molecular complexity index is 374. The molecule has 3 heteroatoms. The van der Waals surface area contributed by atoms with Gasteiger partial charge in [-0.2, -0.15) is 0 Å². The molecule has 1 heterocycles. The minimum absolute atomic E-state index is 0.457. The van der Waals surface area contributed by atoms with Gasteiger partial charge in [0.15, 0.2) is 0 Å². The van der Waals surface area contributed by atoms with E-state index >= 15 is 0 Å². The van der Waals surface area contributed by atoms with Crippen molar-refractivity contribution in [2.75, 3.05) is 5.32 Å². The number of hydrogen-bond acceptors (Lipinski definition) is 3. The van der Waals surface area contributed by atoms with E-state index in [0.717, 1.165) is 37.1 Å². The molecule has 2 N–H and O–H groups in total. The van der Waals surface area contributed by atoms with Gasteiger partial charge in [0, 0.05) is 23.5 Å². The lowest BCUT2D eigenvalue weighted by Gasteiger charge is -2.19. The Kier molecular flexibility index (Phi) is 6.40. The summed E-state index contributed by atoms with van der Waals surface area (Å²) in [5.41, 5.74) is 1.63. The van der Waals surface area contributed by atoms with Crippen LogP contribution < -0.4 is 5.32 Å². The van der Waals surface area contributed by atoms with Gasteiger partial charge in [-0.3, -0.25) is 0 Å². The fourth-order valence-electron chi connectivity index (χ4n) is 2.07. The molecule has 0 saturated carbocycles. The molecule has 1 atom stereocenters. The second-order valence-corrected chi connectivity index (χ2v) is 4.67. The summed E-state index contributed by atoms with van der Waals surface area (Å²) in [4.78, 5) is 4.40. The van der Waals surface area contributed by atoms with Crippen LogP contribution in [-0.2, 0) is 0 Å². The van der Waals surface area contributed by atoms with E-state index < -0.39 is 0 Å². The molecule has 1 aromatic rings. The van der Waals surface area contributed by atoms with E-state index in [2.05, 4.69) is 31.1 Å². The average molecular weight is 247 g/mol. The summed E-state index contributed by atoms with van der Waals surface area (Å²) in [6.45, 7) is 6.49. The molecule has 0 radical (unpaired) electrons. The van der Waals surface area contributed by atoms with Gasteiger partial charge in [-0.05, 0) is 31.4 Å². The largest absolute Gasteiger partial charge is 0.367 e. The zero-order valence-electron chi connectivity index (χ0n) is 11.8. The van der Waals surface area contributed by atoms with E-state index in [9.17, 15) is 0 Å². The fourth-order valence-corrected chi connectivity index (χ4v) is 2.07. The zero-order chi connectivity index (χ0) is 13.4. The SMILES string of the molecule is CCCC(=N)c1cccnc1NC(CC)CCC. The molecule has 0 amide bonds. The maximum Gasteiger partial charge on any atom is 0.135 e. The highest BCUT2D eigenvalue weighted by Gasteiger charge is 2.11. The predicted molar refractivity (Wildman–Crippen MR) is 78.6 cm³/mol. The van der Waals surface area contributed by atoms with Crippen LogP contribution in [0.2, 0.25) is 0 Å². The highest BCUT2D eigenvalue weighted by Crippen LogP contribution is 2.17. The standard InChI is InChI=1S/C15H25N3/c1-4-8-12(6-3)18-15-13(10-7-11-17-15)14(16)9-5-2/h7,10-12,16H,4-6,8-9H2,1-3H3,(H,17,18). The summed E-state index contributed by atoms with van der Waals surface area (Å²) < 4.78 is 0. The van der Waals surface area contributed by atoms with Crippen LogP contribution in [0.1, 0.15) is 58.4 Å². The van der Waals surface area contributed by atoms with Crippen LogP contribution in [0.5, 0.6) is 0 Å². The zero-order valence-corrected chi connectivity index (χ0v) is 11.8. The first kappa shape index (κ1) is 14.7. The third kappa shape index (κ3) is 4.13. The topological polar surface area (TPSA) is 48.8 Å². The van der Waals surface area contributed by atoms with Crippen LogP contribution in [0.15, 0.2) is 18.3 Å². The summed E-state index contributed by atoms with van der Waals surface area (Å²) in [6.07, 6.45) is 7.01. The molecule has 0 aromatic carbocycles. The molecule has 0 aliphatic rings. The number of aromatic nitrogens is 1. The van der Waals surface area contributed by atoms with E-state index in [-0.39, 0.29) is 0 Å². The van der Waals surface area contributed by atoms with Crippen LogP contribution in [0, 0.1) is 5.41 Å². The average Bonchev–Trinajstić information content (AvgIpc) is 2.39. The smallest absolute Gasteiger partial charge is 0.135 e. The van der Waals surface area contributed by atoms with Gasteiger partial charge in [-0.25, -0.2) is 4.98 Å². The van der Waals surface area contributed by atoms with Crippen molar-refractivity contribution in [3.8, 4) is 0 Å². The van der Waals surface area contributed by atoms with Gasteiger partial charge in [0.2, 0.25) is 0 Å². The van der Waals surface area contributed by atoms with Gasteiger partial charge in [-0.1, -0.05) is 33.6 Å². The first-order chi connectivity index (χ1) is 8.72. The van der Waals surface area contributed by atoms with Gasteiger partial charge < -0.3 is 10.7 Å². The van der Waals surface area contributed by atoms with Crippen molar-refractivity contribution in [1.29, 1.82) is 5.41 Å². The highest BCUT2D eigenvalue weighted by atomic mass is 15.0. The number of anilines is 1. The first-order valence-electron chi connectivity index (χ1n) is 7.02. The van der Waals surface area contributed by atoms with Gasteiger partial charge in [0.25, 0.3) is 0 Å². The lowest BCUT2D eigenvalue weighted by molar-refractivity contribution is 0.620. The van der Waals surface area contributed by atoms with Crippen LogP contribution in [-0.4, -0.2) is 16.7 Å². The van der Waals surface area contributed by atoms with Crippen molar-refractivity contribution in [3.63, 3.8) is 0 Å². The van der Waals surface area contributed by atoms with Gasteiger partial charge in [-0.15, -0.1) is 0 Å². The van der Waals surface area contributed by atoms with Crippen molar-refractivity contribution in [2.24, 2.45) is 0 Å². The fraction of sp³-hybridized carbons (Fsp3) is 0.600. The molecule has 0 fully saturated rings. The number of nitrogens with one attached hydrogen (secondary N) is 2. The Morgan fingerprint density at radius 1 is 1.33 bits per heavy atom. The molecular weight excluding hydrogens is 222 g/mol. The molecule has 0 aliphatic carbocycles. The van der Waals surface area contributed by atoms with Crippen LogP contribution in [0.4, 0.5) is 5.82 Å². The van der Waals surface area contributed by atoms with Gasteiger partial charge >= 0.3 is 0 Å². The molecular formula is C15H25N3. The maximum absolute atomic E-state index is 8.09. The lowest BCUT2D eigenvalue weighted by atomic mass is 10.1. The number of rotatable bonds is 8. The van der Waals surface area contributed by atoms with Crippen molar-refractivity contribution in [3.05, 3.63) is 23.9 Å². The Labute approximate surface area is 111 Å². The molecule has 1 unspecified atom stereocenters. The van der Waals surface area contributed by atoms with Crippen LogP contribution in [0.3, 0.4) is 0 Å². The normalized spacial score (nSPS) is 12.2. The van der Waals surface area contributed by atoms with Gasteiger partial charge in [0.1, 0.15) is 5.82 Å². The van der Waals surface area contributed by atoms with Crippen LogP contribution >= 0.6 is 0 Å². The number of pyridine rings is 1. The molecule has 3 nitrogen and oxygen atoms in total. The molecule has 0 spiro atoms. The van der Waals surface area contributed by atoms with Crippen molar-refractivity contribution in [1.82, 2.24) is 4.98 Å². The molecule has 0 bridgehead atoms. The predicted octanol–water partition coefficient (Wildman–Crippen LogP) is 4.24. The summed E-state index contributed by atoms with van der Waals surface area (Å²) in [6, 6.07) is 4.36. The van der Waals surface area contributed by atoms with Crippen LogP contribution in [0.25, 0.3) is 0 Å². The maximum atomic E-state index is 8.09. The number of nitrogens with zero attached hydrogens (tertiary/aromatic N) is 1. The molecule has 0 saturated heterocycles. The summed E-state index contributed by atoms with van der Waals surface area (Å²) in [7, 11) is 0. The highest BCUT2D eigenvalue weighted by molar-refractivity contribution is 6.02. The molecule has 100 valence electrons. The Morgan fingerprint density at radius 2 is 2.11 bits per heavy atom. The summed E-state index contributed by atoms with van der Waals surface area (Å²) in [5, 5.41) is 11.6. The number of hydrogen-bond donors (Lipinski definition) is 2. The molecule has 1 rings (SSSR count). The monoisotopic (exact) mass is 247 g/mol. The Balaban J connectivity index is 2.84. The third-order valence-corrected chi connectivity index (χ3v) is 3.10. The minimum atomic E-state index is 0.457. The minimum Gasteiger partial charge on any atom is -0.367 e. The lowest BCUT2D eigenvalue weighted by Crippen LogP contribution is -2.20. The molecule has 1 aromatic heterocycles. The summed E-state index contributed by atoms with van der Waals surface area (Å²) in [5.74, 6) is 0.872. The van der Waals surface area contributed by atoms with E-state index in [1.165, 1.54) is 6.42 Å². The third-order valence-electron chi connectivity index (χ3n) is 3.10. The van der Waals surface area contributed by atoms with E-state index in [1.54, 1.807) is 6.20 Å². The Morgan fingerprint density at radius 3 is 2.72 bits per heavy atom. The van der Waals surface area contributed by atoms with Gasteiger partial charge in [0.05, 0.1) is 0 Å². The van der Waals surface area contributed by atoms with Crippen molar-refractivity contribution in [2.45, 2.75) is 58.9 Å². The van der Waals surface area contributed by atoms with Crippen molar-refractivity contribution >= 4 is 11.5 Å². The van der Waals surface area contributed by atoms with E-state index in [0.29, 0.717) is 11.8 Å². The Hall–Kier alpha value is -1.38. The quantitative estimate of drug-likeness (QED) is 0.675. The van der Waals surface area contributed by atoms with Crippen molar-refractivity contribution < 1.29 is 0 Å². The first-order valence-corrected chi connectivity index (χ1v) is 7.02. The summed E-state index contributed by atoms with van der Waals surface area (Å²) >= 11 is 0. The van der Waals surface area contributed by atoms with E-state index in [1.807, 2.05) is 12.1 Å². The second kappa shape index (κ2) is 7.85. The molecule has 0 aliphatic heterocycles. The second-order valence-electron chi connectivity index (χ2n) is 4.67.